The maximum atomic E-state index is 12.0. The minimum atomic E-state index is -3.10. The summed E-state index contributed by atoms with van der Waals surface area (Å²) in [6.45, 7) is 0. The zero-order valence-corrected chi connectivity index (χ0v) is 9.34. The number of ketones is 2. The average molecular weight is 255 g/mol. The number of benzene rings is 1. The Morgan fingerprint density at radius 3 is 2.65 bits per heavy atom. The highest BCUT2D eigenvalue weighted by atomic mass is 32.1. The Morgan fingerprint density at radius 1 is 1.29 bits per heavy atom. The normalized spacial score (nSPS) is 11.0. The third kappa shape index (κ3) is 2.52. The predicted molar refractivity (Wildman–Crippen MR) is 59.6 cm³/mol. The van der Waals surface area contributed by atoms with Gasteiger partial charge in [0.1, 0.15) is 0 Å². The van der Waals surface area contributed by atoms with Crippen LogP contribution in [0.15, 0.2) is 24.3 Å². The lowest BCUT2D eigenvalue weighted by Crippen LogP contribution is -2.15. The van der Waals surface area contributed by atoms with Crippen LogP contribution >= 0.6 is 11.3 Å². The number of fused-ring (bicyclic) bond motifs is 1. The lowest BCUT2D eigenvalue weighted by Gasteiger charge is -1.95. The van der Waals surface area contributed by atoms with Crippen LogP contribution in [0.2, 0.25) is 0 Å². The van der Waals surface area contributed by atoms with Crippen LogP contribution < -0.4 is 0 Å². The quantitative estimate of drug-likeness (QED) is 0.623. The lowest BCUT2D eigenvalue weighted by atomic mass is 10.2. The maximum absolute atomic E-state index is 12.0. The molecule has 3 nitrogen and oxygen atoms in total. The molecule has 1 aromatic carbocycles. The molecule has 88 valence electrons. The van der Waals surface area contributed by atoms with Gasteiger partial charge in [0.05, 0.1) is 16.6 Å². The Balaban J connectivity index is 2.22. The van der Waals surface area contributed by atoms with E-state index < -0.39 is 24.4 Å². The Morgan fingerprint density at radius 2 is 2.00 bits per heavy atom. The molecular weight excluding hydrogens is 248 g/mol. The Hall–Kier alpha value is -1.69. The monoisotopic (exact) mass is 255 g/mol. The van der Waals surface area contributed by atoms with Gasteiger partial charge in [0, 0.05) is 0 Å². The molecule has 0 aliphatic carbocycles. The number of carbonyl (C=O) groups is 2. The SMILES string of the molecule is O=C(CC(=O)C(F)F)c1nc2ccccc2s1. The summed E-state index contributed by atoms with van der Waals surface area (Å²) in [6.07, 6.45) is -3.90. The second kappa shape index (κ2) is 4.67. The molecular formula is C11H7F2NO2S. The van der Waals surface area contributed by atoms with E-state index >= 15 is 0 Å². The number of alkyl halides is 2. The minimum absolute atomic E-state index is 0.0974. The first kappa shape index (κ1) is 11.8. The van der Waals surface area contributed by atoms with Gasteiger partial charge in [-0.05, 0) is 12.1 Å². The van der Waals surface area contributed by atoms with Gasteiger partial charge in [-0.1, -0.05) is 12.1 Å². The van der Waals surface area contributed by atoms with E-state index in [1.807, 2.05) is 0 Å². The van der Waals surface area contributed by atoms with Crippen LogP contribution in [0.5, 0.6) is 0 Å². The first-order valence-electron chi connectivity index (χ1n) is 4.77. The van der Waals surface area contributed by atoms with Crippen molar-refractivity contribution >= 4 is 33.1 Å². The van der Waals surface area contributed by atoms with Crippen LogP contribution in [-0.2, 0) is 4.79 Å². The average Bonchev–Trinajstić information content (AvgIpc) is 2.72. The molecule has 1 aromatic heterocycles. The van der Waals surface area contributed by atoms with Gasteiger partial charge in [-0.3, -0.25) is 9.59 Å². The number of Topliss-reactive ketones (excluding diaryl/α,β-unsaturated/α-hetero) is 2. The van der Waals surface area contributed by atoms with Gasteiger partial charge in [0.25, 0.3) is 6.43 Å². The van der Waals surface area contributed by atoms with Crippen molar-refractivity contribution in [3.8, 4) is 0 Å². The first-order chi connectivity index (χ1) is 8.08. The van der Waals surface area contributed by atoms with Gasteiger partial charge in [-0.25, -0.2) is 13.8 Å². The van der Waals surface area contributed by atoms with Crippen LogP contribution in [0.4, 0.5) is 8.78 Å². The number of halogens is 2. The highest BCUT2D eigenvalue weighted by Crippen LogP contribution is 2.22. The summed E-state index contributed by atoms with van der Waals surface area (Å²) >= 11 is 1.10. The zero-order chi connectivity index (χ0) is 12.4. The van der Waals surface area contributed by atoms with E-state index in [4.69, 9.17) is 0 Å². The van der Waals surface area contributed by atoms with Crippen molar-refractivity contribution in [1.29, 1.82) is 0 Å². The molecule has 0 atom stereocenters. The van der Waals surface area contributed by atoms with Gasteiger partial charge in [0.2, 0.25) is 5.78 Å². The Kier molecular flexibility index (Phi) is 3.23. The van der Waals surface area contributed by atoms with E-state index in [0.29, 0.717) is 5.52 Å². The second-order valence-corrected chi connectivity index (χ2v) is 4.38. The molecule has 0 aliphatic rings. The fraction of sp³-hybridized carbons (Fsp3) is 0.182. The molecule has 17 heavy (non-hydrogen) atoms. The van der Waals surface area contributed by atoms with Gasteiger partial charge >= 0.3 is 0 Å². The third-order valence-corrected chi connectivity index (χ3v) is 3.19. The summed E-state index contributed by atoms with van der Waals surface area (Å²) in [7, 11) is 0. The Labute approximate surface area is 99.1 Å². The summed E-state index contributed by atoms with van der Waals surface area (Å²) in [6, 6.07) is 7.05. The molecule has 6 heteroatoms. The van der Waals surface area contributed by atoms with Crippen LogP contribution in [-0.4, -0.2) is 23.0 Å². The molecule has 0 N–H and O–H groups in total. The molecule has 0 radical (unpaired) electrons. The first-order valence-corrected chi connectivity index (χ1v) is 5.59. The van der Waals surface area contributed by atoms with Crippen molar-refractivity contribution in [2.45, 2.75) is 12.8 Å². The summed E-state index contributed by atoms with van der Waals surface area (Å²) < 4.78 is 24.8. The van der Waals surface area contributed by atoms with Crippen molar-refractivity contribution in [3.63, 3.8) is 0 Å². The third-order valence-electron chi connectivity index (χ3n) is 2.11. The lowest BCUT2D eigenvalue weighted by molar-refractivity contribution is -0.128. The zero-order valence-electron chi connectivity index (χ0n) is 8.52. The number of thiazole rings is 1. The topological polar surface area (TPSA) is 47.0 Å². The molecule has 0 fully saturated rings. The van der Waals surface area contributed by atoms with Crippen molar-refractivity contribution in [1.82, 2.24) is 4.98 Å². The van der Waals surface area contributed by atoms with E-state index in [1.165, 1.54) is 0 Å². The molecule has 2 aromatic rings. The van der Waals surface area contributed by atoms with Crippen molar-refractivity contribution in [2.24, 2.45) is 0 Å². The standard InChI is InChI=1S/C11H7F2NO2S/c12-10(13)7(15)5-8(16)11-14-6-3-1-2-4-9(6)17-11/h1-4,10H,5H2. The van der Waals surface area contributed by atoms with Gasteiger partial charge in [-0.15, -0.1) is 11.3 Å². The number of nitrogens with zero attached hydrogens (tertiary/aromatic N) is 1. The van der Waals surface area contributed by atoms with Crippen LogP contribution in [0.1, 0.15) is 16.2 Å². The molecule has 0 saturated carbocycles. The van der Waals surface area contributed by atoms with E-state index in [2.05, 4.69) is 4.98 Å². The molecule has 0 amide bonds. The number of hydrogen-bond acceptors (Lipinski definition) is 4. The van der Waals surface area contributed by atoms with Gasteiger partial charge in [-0.2, -0.15) is 0 Å². The number of rotatable bonds is 4. The van der Waals surface area contributed by atoms with Gasteiger partial charge < -0.3 is 0 Å². The van der Waals surface area contributed by atoms with E-state index in [1.54, 1.807) is 24.3 Å². The summed E-state index contributed by atoms with van der Waals surface area (Å²) in [5.74, 6) is -2.02. The van der Waals surface area contributed by atoms with Crippen molar-refractivity contribution in [2.75, 3.05) is 0 Å². The molecule has 0 aliphatic heterocycles. The Bertz CT molecular complexity index is 547. The van der Waals surface area contributed by atoms with E-state index in [0.717, 1.165) is 16.0 Å². The smallest absolute Gasteiger partial charge is 0.293 e. The predicted octanol–water partition coefficient (Wildman–Crippen LogP) is 2.70. The van der Waals surface area contributed by atoms with Crippen molar-refractivity contribution < 1.29 is 18.4 Å². The molecule has 1 heterocycles. The minimum Gasteiger partial charge on any atom is -0.293 e. The number of aromatic nitrogens is 1. The summed E-state index contributed by atoms with van der Waals surface area (Å²) in [4.78, 5) is 26.3. The number of carbonyl (C=O) groups excluding carboxylic acids is 2. The summed E-state index contributed by atoms with van der Waals surface area (Å²) in [5.41, 5.74) is 0.630. The number of hydrogen-bond donors (Lipinski definition) is 0. The molecule has 0 saturated heterocycles. The maximum Gasteiger partial charge on any atom is 0.296 e. The highest BCUT2D eigenvalue weighted by molar-refractivity contribution is 7.20. The fourth-order valence-electron chi connectivity index (χ4n) is 1.30. The molecule has 2 rings (SSSR count). The number of para-hydroxylation sites is 1. The molecule has 0 spiro atoms. The largest absolute Gasteiger partial charge is 0.296 e. The fourth-order valence-corrected chi connectivity index (χ4v) is 2.21. The second-order valence-electron chi connectivity index (χ2n) is 3.35. The van der Waals surface area contributed by atoms with Crippen molar-refractivity contribution in [3.05, 3.63) is 29.3 Å². The summed E-state index contributed by atoms with van der Waals surface area (Å²) in [5, 5.41) is 0.0974. The van der Waals surface area contributed by atoms with Gasteiger partial charge in [0.15, 0.2) is 10.8 Å². The van der Waals surface area contributed by atoms with E-state index in [9.17, 15) is 18.4 Å². The molecule has 0 unspecified atom stereocenters. The van der Waals surface area contributed by atoms with E-state index in [-0.39, 0.29) is 5.01 Å². The van der Waals surface area contributed by atoms with Crippen LogP contribution in [0.3, 0.4) is 0 Å². The molecule has 0 bridgehead atoms. The van der Waals surface area contributed by atoms with Crippen LogP contribution in [0.25, 0.3) is 10.2 Å². The van der Waals surface area contributed by atoms with Crippen LogP contribution in [0, 0.1) is 0 Å². The highest BCUT2D eigenvalue weighted by Gasteiger charge is 2.22.